The highest BCUT2D eigenvalue weighted by atomic mass is 35.5. The van der Waals surface area contributed by atoms with Crippen molar-refractivity contribution in [2.24, 2.45) is 0 Å². The van der Waals surface area contributed by atoms with Gasteiger partial charge in [0, 0.05) is 36.6 Å². The second-order valence-electron chi connectivity index (χ2n) is 6.10. The normalized spacial score (nSPS) is 15.8. The van der Waals surface area contributed by atoms with Crippen molar-refractivity contribution in [1.82, 2.24) is 24.6 Å². The Morgan fingerprint density at radius 2 is 2.08 bits per heavy atom. The molecule has 0 N–H and O–H groups in total. The van der Waals surface area contributed by atoms with Crippen molar-refractivity contribution in [3.63, 3.8) is 0 Å². The second kappa shape index (κ2) is 6.47. The topological polar surface area (TPSA) is 56.1 Å². The summed E-state index contributed by atoms with van der Waals surface area (Å²) in [5.41, 5.74) is 3.60. The van der Waals surface area contributed by atoms with Gasteiger partial charge in [0.1, 0.15) is 5.15 Å². The molecular formula is C17H18ClN5O. The summed E-state index contributed by atoms with van der Waals surface area (Å²) in [6.45, 7) is 3.45. The molecule has 0 amide bonds. The van der Waals surface area contributed by atoms with Crippen LogP contribution in [0.2, 0.25) is 5.15 Å². The van der Waals surface area contributed by atoms with E-state index in [4.69, 9.17) is 16.3 Å². The molecule has 4 rings (SSSR count). The van der Waals surface area contributed by atoms with E-state index in [1.807, 2.05) is 35.4 Å². The lowest BCUT2D eigenvalue weighted by Crippen LogP contribution is -2.49. The minimum absolute atomic E-state index is 0.366. The van der Waals surface area contributed by atoms with Gasteiger partial charge in [0.25, 0.3) is 0 Å². The van der Waals surface area contributed by atoms with E-state index < -0.39 is 0 Å². The minimum atomic E-state index is 0.366. The molecule has 1 saturated heterocycles. The van der Waals surface area contributed by atoms with Gasteiger partial charge in [-0.05, 0) is 25.2 Å². The third-order valence-corrected chi connectivity index (χ3v) is 4.39. The van der Waals surface area contributed by atoms with Crippen molar-refractivity contribution in [3.8, 4) is 11.1 Å². The van der Waals surface area contributed by atoms with Crippen LogP contribution in [0.25, 0.3) is 22.2 Å². The number of nitrogens with zero attached hydrogens (tertiary/aromatic N) is 5. The number of ether oxygens (including phenoxy) is 1. The predicted molar refractivity (Wildman–Crippen MR) is 93.0 cm³/mol. The van der Waals surface area contributed by atoms with Gasteiger partial charge in [-0.2, -0.15) is 5.10 Å². The molecule has 0 unspecified atom stereocenters. The highest BCUT2D eigenvalue weighted by molar-refractivity contribution is 6.29. The largest absolute Gasteiger partial charge is 0.374 e. The van der Waals surface area contributed by atoms with E-state index in [0.717, 1.165) is 41.8 Å². The fourth-order valence-electron chi connectivity index (χ4n) is 2.83. The maximum atomic E-state index is 5.96. The Bertz CT molecular complexity index is 859. The Morgan fingerprint density at radius 1 is 1.21 bits per heavy atom. The molecule has 24 heavy (non-hydrogen) atoms. The van der Waals surface area contributed by atoms with E-state index in [2.05, 4.69) is 27.0 Å². The quantitative estimate of drug-likeness (QED) is 0.666. The Kier molecular flexibility index (Phi) is 4.18. The van der Waals surface area contributed by atoms with Crippen molar-refractivity contribution in [2.75, 3.05) is 26.7 Å². The Morgan fingerprint density at radius 3 is 2.92 bits per heavy atom. The van der Waals surface area contributed by atoms with Gasteiger partial charge < -0.3 is 9.64 Å². The molecule has 4 heterocycles. The molecule has 0 atom stereocenters. The number of fused-ring (bicyclic) bond motifs is 1. The first-order valence-electron chi connectivity index (χ1n) is 7.93. The standard InChI is InChI=1S/C17H18ClN5O/c1-22-10-14(11-22)24-5-4-23-9-13(8-20-23)12-6-16-15(19-7-12)2-3-17(18)21-16/h2-3,6-9,14H,4-5,10-11H2,1H3. The molecular weight excluding hydrogens is 326 g/mol. The SMILES string of the molecule is CN1CC(OCCn2cc(-c3cnc4ccc(Cl)nc4c3)cn2)C1. The molecule has 0 aromatic carbocycles. The van der Waals surface area contributed by atoms with E-state index in [1.165, 1.54) is 0 Å². The van der Waals surface area contributed by atoms with Crippen LogP contribution in [-0.2, 0) is 11.3 Å². The van der Waals surface area contributed by atoms with Crippen LogP contribution in [0.5, 0.6) is 0 Å². The first-order chi connectivity index (χ1) is 11.7. The first-order valence-corrected chi connectivity index (χ1v) is 8.30. The van der Waals surface area contributed by atoms with Crippen LogP contribution >= 0.6 is 11.6 Å². The highest BCUT2D eigenvalue weighted by Crippen LogP contribution is 2.22. The van der Waals surface area contributed by atoms with E-state index >= 15 is 0 Å². The molecule has 1 aliphatic heterocycles. The number of aromatic nitrogens is 4. The van der Waals surface area contributed by atoms with Crippen LogP contribution in [0.1, 0.15) is 0 Å². The second-order valence-corrected chi connectivity index (χ2v) is 6.49. The summed E-state index contributed by atoms with van der Waals surface area (Å²) in [6, 6.07) is 5.60. The van der Waals surface area contributed by atoms with Crippen LogP contribution in [0.15, 0.2) is 36.8 Å². The van der Waals surface area contributed by atoms with Crippen molar-refractivity contribution in [1.29, 1.82) is 0 Å². The predicted octanol–water partition coefficient (Wildman–Crippen LogP) is 2.48. The zero-order valence-corrected chi connectivity index (χ0v) is 14.1. The molecule has 0 spiro atoms. The molecule has 1 aliphatic rings. The molecule has 0 aliphatic carbocycles. The summed E-state index contributed by atoms with van der Waals surface area (Å²) in [6.07, 6.45) is 6.04. The number of rotatable bonds is 5. The maximum absolute atomic E-state index is 5.96. The molecule has 1 fully saturated rings. The molecule has 0 radical (unpaired) electrons. The third kappa shape index (κ3) is 3.26. The Labute approximate surface area is 145 Å². The van der Waals surface area contributed by atoms with Gasteiger partial charge in [-0.15, -0.1) is 0 Å². The molecule has 3 aromatic heterocycles. The molecule has 124 valence electrons. The first kappa shape index (κ1) is 15.5. The lowest BCUT2D eigenvalue weighted by atomic mass is 10.1. The monoisotopic (exact) mass is 343 g/mol. The fraction of sp³-hybridized carbons (Fsp3) is 0.353. The summed E-state index contributed by atoms with van der Waals surface area (Å²) < 4.78 is 7.69. The number of pyridine rings is 2. The van der Waals surface area contributed by atoms with E-state index in [-0.39, 0.29) is 0 Å². The fourth-order valence-corrected chi connectivity index (χ4v) is 2.99. The highest BCUT2D eigenvalue weighted by Gasteiger charge is 2.23. The van der Waals surface area contributed by atoms with Gasteiger partial charge in [-0.3, -0.25) is 9.67 Å². The summed E-state index contributed by atoms with van der Waals surface area (Å²) in [7, 11) is 2.10. The van der Waals surface area contributed by atoms with E-state index in [0.29, 0.717) is 17.9 Å². The van der Waals surface area contributed by atoms with Gasteiger partial charge in [0.05, 0.1) is 36.5 Å². The number of likely N-dealkylation sites (tertiary alicyclic amines) is 1. The van der Waals surface area contributed by atoms with Crippen LogP contribution < -0.4 is 0 Å². The van der Waals surface area contributed by atoms with Crippen molar-refractivity contribution in [3.05, 3.63) is 41.9 Å². The number of halogens is 1. The molecule has 0 bridgehead atoms. The van der Waals surface area contributed by atoms with E-state index in [1.54, 1.807) is 6.07 Å². The Hall–Kier alpha value is -2.02. The smallest absolute Gasteiger partial charge is 0.129 e. The van der Waals surface area contributed by atoms with Crippen molar-refractivity contribution in [2.45, 2.75) is 12.6 Å². The molecule has 6 nitrogen and oxygen atoms in total. The van der Waals surface area contributed by atoms with Gasteiger partial charge in [-0.1, -0.05) is 11.6 Å². The lowest BCUT2D eigenvalue weighted by molar-refractivity contribution is -0.0461. The van der Waals surface area contributed by atoms with Crippen molar-refractivity contribution >= 4 is 22.6 Å². The minimum Gasteiger partial charge on any atom is -0.374 e. The molecule has 3 aromatic rings. The average molecular weight is 344 g/mol. The molecule has 7 heteroatoms. The van der Waals surface area contributed by atoms with Crippen LogP contribution in [-0.4, -0.2) is 57.5 Å². The van der Waals surface area contributed by atoms with E-state index in [9.17, 15) is 0 Å². The zero-order chi connectivity index (χ0) is 16.5. The van der Waals surface area contributed by atoms with Crippen LogP contribution in [0.3, 0.4) is 0 Å². The van der Waals surface area contributed by atoms with Crippen LogP contribution in [0.4, 0.5) is 0 Å². The summed E-state index contributed by atoms with van der Waals surface area (Å²) in [4.78, 5) is 11.0. The number of hydrogen-bond acceptors (Lipinski definition) is 5. The van der Waals surface area contributed by atoms with Gasteiger partial charge >= 0.3 is 0 Å². The zero-order valence-electron chi connectivity index (χ0n) is 13.4. The lowest BCUT2D eigenvalue weighted by Gasteiger charge is -2.35. The number of hydrogen-bond donors (Lipinski definition) is 0. The third-order valence-electron chi connectivity index (χ3n) is 4.17. The van der Waals surface area contributed by atoms with Crippen molar-refractivity contribution < 1.29 is 4.74 Å². The maximum Gasteiger partial charge on any atom is 0.129 e. The van der Waals surface area contributed by atoms with Gasteiger partial charge in [-0.25, -0.2) is 4.98 Å². The van der Waals surface area contributed by atoms with Gasteiger partial charge in [0.2, 0.25) is 0 Å². The summed E-state index contributed by atoms with van der Waals surface area (Å²) in [5, 5.41) is 4.87. The summed E-state index contributed by atoms with van der Waals surface area (Å²) in [5.74, 6) is 0. The summed E-state index contributed by atoms with van der Waals surface area (Å²) >= 11 is 5.96. The average Bonchev–Trinajstić information content (AvgIpc) is 3.01. The Balaban J connectivity index is 1.44. The number of likely N-dealkylation sites (N-methyl/N-ethyl adjacent to an activating group) is 1. The van der Waals surface area contributed by atoms with Gasteiger partial charge in [0.15, 0.2) is 0 Å². The molecule has 0 saturated carbocycles. The van der Waals surface area contributed by atoms with Crippen LogP contribution in [0, 0.1) is 0 Å².